The maximum Gasteiger partial charge on any atom is 1.00 e. The molecular formula is C14H20FLiO. The van der Waals surface area contributed by atoms with Gasteiger partial charge in [-0.15, -0.1) is 0 Å². The van der Waals surface area contributed by atoms with Crippen molar-refractivity contribution in [2.75, 3.05) is 6.61 Å². The number of aliphatic hydroxyl groups is 1. The van der Waals surface area contributed by atoms with Gasteiger partial charge >= 0.3 is 18.9 Å². The first-order valence-electron chi connectivity index (χ1n) is 5.56. The average molecular weight is 230 g/mol. The first-order valence-corrected chi connectivity index (χ1v) is 5.56. The summed E-state index contributed by atoms with van der Waals surface area (Å²) < 4.78 is 12.4. The van der Waals surface area contributed by atoms with Gasteiger partial charge in [0.15, 0.2) is 0 Å². The van der Waals surface area contributed by atoms with Gasteiger partial charge in [-0.25, -0.2) is 4.39 Å². The SMILES string of the molecule is OCC/C=C/c1ccc(F)cc1.[CH2-]CCC.[Li+]. The molecule has 0 saturated carbocycles. The Kier molecular flexibility index (Phi) is 14.9. The summed E-state index contributed by atoms with van der Waals surface area (Å²) in [4.78, 5) is 0. The summed E-state index contributed by atoms with van der Waals surface area (Å²) in [5, 5.41) is 8.48. The Morgan fingerprint density at radius 1 is 1.29 bits per heavy atom. The Morgan fingerprint density at radius 3 is 2.24 bits per heavy atom. The topological polar surface area (TPSA) is 20.2 Å². The first-order chi connectivity index (χ1) is 7.74. The number of aliphatic hydroxyl groups excluding tert-OH is 1. The number of unbranched alkanes of at least 4 members (excludes halogenated alkanes) is 1. The number of rotatable bonds is 4. The van der Waals surface area contributed by atoms with Crippen molar-refractivity contribution in [1.29, 1.82) is 0 Å². The quantitative estimate of drug-likeness (QED) is 0.600. The summed E-state index contributed by atoms with van der Waals surface area (Å²) >= 11 is 0. The normalized spacial score (nSPS) is 9.41. The van der Waals surface area contributed by atoms with Crippen LogP contribution in [0.1, 0.15) is 31.7 Å². The van der Waals surface area contributed by atoms with Crippen LogP contribution in [0.2, 0.25) is 0 Å². The second-order valence-electron chi connectivity index (χ2n) is 3.32. The molecule has 0 fully saturated rings. The van der Waals surface area contributed by atoms with Crippen molar-refractivity contribution in [3.8, 4) is 0 Å². The first kappa shape index (κ1) is 18.8. The van der Waals surface area contributed by atoms with Crippen LogP contribution in [0.25, 0.3) is 6.08 Å². The van der Waals surface area contributed by atoms with Crippen LogP contribution in [0, 0.1) is 12.7 Å². The number of hydrogen-bond acceptors (Lipinski definition) is 1. The van der Waals surface area contributed by atoms with E-state index in [0.717, 1.165) is 12.0 Å². The minimum absolute atomic E-state index is 0. The second-order valence-corrected chi connectivity index (χ2v) is 3.32. The van der Waals surface area contributed by atoms with Crippen molar-refractivity contribution in [2.24, 2.45) is 0 Å². The van der Waals surface area contributed by atoms with Gasteiger partial charge in [-0.2, -0.15) is 6.42 Å². The molecule has 0 unspecified atom stereocenters. The van der Waals surface area contributed by atoms with E-state index in [0.29, 0.717) is 6.42 Å². The Bertz CT molecular complexity index is 281. The summed E-state index contributed by atoms with van der Waals surface area (Å²) in [6, 6.07) is 6.23. The standard InChI is InChI=1S/C10H11FO.C4H9.Li/c11-10-6-4-9(5-7-10)3-1-2-8-12;1-3-4-2;/h1,3-7,12H,2,8H2;1,3-4H2,2H3;/q;-1;+1/b3-1+;;. The molecule has 1 N–H and O–H groups in total. The summed E-state index contributed by atoms with van der Waals surface area (Å²) in [6.07, 6.45) is 6.63. The molecule has 1 aromatic carbocycles. The zero-order valence-corrected chi connectivity index (χ0v) is 10.8. The van der Waals surface area contributed by atoms with Crippen molar-refractivity contribution in [3.63, 3.8) is 0 Å². The predicted octanol–water partition coefficient (Wildman–Crippen LogP) is 0.846. The summed E-state index contributed by atoms with van der Waals surface area (Å²) in [6.45, 7) is 5.87. The summed E-state index contributed by atoms with van der Waals surface area (Å²) in [7, 11) is 0. The second kappa shape index (κ2) is 13.5. The minimum atomic E-state index is -0.227. The van der Waals surface area contributed by atoms with Crippen molar-refractivity contribution >= 4 is 6.08 Å². The van der Waals surface area contributed by atoms with E-state index in [9.17, 15) is 4.39 Å². The zero-order chi connectivity index (χ0) is 12.2. The van der Waals surface area contributed by atoms with Crippen molar-refractivity contribution in [3.05, 3.63) is 48.6 Å². The molecule has 1 rings (SSSR count). The Hall–Kier alpha value is -0.553. The molecule has 3 heteroatoms. The number of benzene rings is 1. The Balaban J connectivity index is 0. The number of halogens is 1. The molecule has 1 nitrogen and oxygen atoms in total. The molecule has 0 atom stereocenters. The fourth-order valence-corrected chi connectivity index (χ4v) is 0.868. The molecule has 0 bridgehead atoms. The van der Waals surface area contributed by atoms with Crippen LogP contribution >= 0.6 is 0 Å². The van der Waals surface area contributed by atoms with E-state index >= 15 is 0 Å². The van der Waals surface area contributed by atoms with E-state index in [1.807, 2.05) is 12.2 Å². The van der Waals surface area contributed by atoms with Crippen LogP contribution in [0.3, 0.4) is 0 Å². The molecule has 90 valence electrons. The third kappa shape index (κ3) is 11.7. The Labute approximate surface area is 116 Å². The van der Waals surface area contributed by atoms with E-state index in [4.69, 9.17) is 5.11 Å². The molecule has 0 amide bonds. The molecule has 0 radical (unpaired) electrons. The summed E-state index contributed by atoms with van der Waals surface area (Å²) in [5.41, 5.74) is 0.949. The maximum absolute atomic E-state index is 12.4. The summed E-state index contributed by atoms with van der Waals surface area (Å²) in [5.74, 6) is -0.227. The van der Waals surface area contributed by atoms with Gasteiger partial charge in [0, 0.05) is 6.61 Å². The monoisotopic (exact) mass is 230 g/mol. The minimum Gasteiger partial charge on any atom is -0.396 e. The van der Waals surface area contributed by atoms with E-state index in [-0.39, 0.29) is 31.3 Å². The fourth-order valence-electron chi connectivity index (χ4n) is 0.868. The third-order valence-electron chi connectivity index (χ3n) is 1.83. The van der Waals surface area contributed by atoms with Gasteiger partial charge in [-0.05, 0) is 24.1 Å². The van der Waals surface area contributed by atoms with Crippen LogP contribution < -0.4 is 18.9 Å². The molecule has 0 aliphatic rings. The molecule has 1 aromatic rings. The molecule has 17 heavy (non-hydrogen) atoms. The molecule has 0 aromatic heterocycles. The van der Waals surface area contributed by atoms with Gasteiger partial charge < -0.3 is 12.0 Å². The van der Waals surface area contributed by atoms with E-state index in [2.05, 4.69) is 13.8 Å². The van der Waals surface area contributed by atoms with Crippen molar-refractivity contribution in [2.45, 2.75) is 26.2 Å². The van der Waals surface area contributed by atoms with E-state index in [1.54, 1.807) is 12.1 Å². The van der Waals surface area contributed by atoms with Crippen LogP contribution in [-0.4, -0.2) is 11.7 Å². The molecule has 0 spiro atoms. The fraction of sp³-hybridized carbons (Fsp3) is 0.357. The van der Waals surface area contributed by atoms with Gasteiger partial charge in [0.05, 0.1) is 0 Å². The van der Waals surface area contributed by atoms with Crippen LogP contribution in [-0.2, 0) is 0 Å². The van der Waals surface area contributed by atoms with Gasteiger partial charge in [-0.3, -0.25) is 0 Å². The molecule has 0 saturated heterocycles. The molecule has 0 aliphatic carbocycles. The van der Waals surface area contributed by atoms with Gasteiger partial charge in [-0.1, -0.05) is 37.6 Å². The van der Waals surface area contributed by atoms with Crippen LogP contribution in [0.4, 0.5) is 4.39 Å². The van der Waals surface area contributed by atoms with Gasteiger partial charge in [0.2, 0.25) is 0 Å². The van der Waals surface area contributed by atoms with E-state index in [1.165, 1.54) is 18.6 Å². The van der Waals surface area contributed by atoms with Crippen molar-refractivity contribution in [1.82, 2.24) is 0 Å². The number of hydrogen-bond donors (Lipinski definition) is 1. The average Bonchev–Trinajstić information content (AvgIpc) is 2.32. The zero-order valence-electron chi connectivity index (χ0n) is 10.8. The van der Waals surface area contributed by atoms with Crippen molar-refractivity contribution < 1.29 is 28.4 Å². The Morgan fingerprint density at radius 2 is 1.82 bits per heavy atom. The molecule has 0 aliphatic heterocycles. The molecule has 0 heterocycles. The maximum atomic E-state index is 12.4. The van der Waals surface area contributed by atoms with E-state index < -0.39 is 0 Å². The molecular weight excluding hydrogens is 210 g/mol. The van der Waals surface area contributed by atoms with Crippen LogP contribution in [0.15, 0.2) is 30.3 Å². The van der Waals surface area contributed by atoms with Crippen LogP contribution in [0.5, 0.6) is 0 Å². The smallest absolute Gasteiger partial charge is 0.396 e. The van der Waals surface area contributed by atoms with Gasteiger partial charge in [0.25, 0.3) is 0 Å². The van der Waals surface area contributed by atoms with Gasteiger partial charge in [0.1, 0.15) is 5.82 Å². The third-order valence-corrected chi connectivity index (χ3v) is 1.83. The predicted molar refractivity (Wildman–Crippen MR) is 67.4 cm³/mol. The largest absolute Gasteiger partial charge is 1.00 e.